The number of likely N-dealkylation sites (tertiary alicyclic amines) is 1. The smallest absolute Gasteiger partial charge is 0.239 e. The lowest BCUT2D eigenvalue weighted by atomic mass is 10.2. The van der Waals surface area contributed by atoms with Crippen LogP contribution in [-0.2, 0) is 17.9 Å². The lowest BCUT2D eigenvalue weighted by molar-refractivity contribution is -0.131. The molecule has 1 unspecified atom stereocenters. The molecule has 3 rings (SSSR count). The highest BCUT2D eigenvalue weighted by Gasteiger charge is 2.35. The van der Waals surface area contributed by atoms with Crippen LogP contribution in [0, 0.1) is 6.92 Å². The van der Waals surface area contributed by atoms with E-state index in [1.807, 2.05) is 23.6 Å². The third-order valence-electron chi connectivity index (χ3n) is 3.64. The van der Waals surface area contributed by atoms with Gasteiger partial charge in [0.2, 0.25) is 5.91 Å². The highest BCUT2D eigenvalue weighted by atomic mass is 16.2. The number of likely N-dealkylation sites (N-methyl/N-ethyl adjacent to an activating group) is 1. The van der Waals surface area contributed by atoms with Crippen LogP contribution < -0.4 is 0 Å². The van der Waals surface area contributed by atoms with Crippen LogP contribution in [0.1, 0.15) is 18.1 Å². The number of carbonyl (C=O) groups excluding carboxylic acids is 1. The maximum Gasteiger partial charge on any atom is 0.239 e. The van der Waals surface area contributed by atoms with Gasteiger partial charge in [0.15, 0.2) is 0 Å². The highest BCUT2D eigenvalue weighted by molar-refractivity contribution is 5.83. The Hall–Kier alpha value is -1.43. The number of fused-ring (bicyclic) bond motifs is 1. The number of rotatable bonds is 1. The van der Waals surface area contributed by atoms with Gasteiger partial charge in [-0.05, 0) is 13.3 Å². The van der Waals surface area contributed by atoms with Gasteiger partial charge in [0.1, 0.15) is 11.6 Å². The summed E-state index contributed by atoms with van der Waals surface area (Å²) in [7, 11) is 1.87. The Labute approximate surface area is 100 Å². The van der Waals surface area contributed by atoms with Gasteiger partial charge in [0, 0.05) is 20.1 Å². The average Bonchev–Trinajstić information content (AvgIpc) is 2.81. The van der Waals surface area contributed by atoms with Crippen LogP contribution in [0.5, 0.6) is 0 Å². The Morgan fingerprint density at radius 2 is 2.12 bits per heavy atom. The van der Waals surface area contributed by atoms with E-state index in [-0.39, 0.29) is 11.9 Å². The molecule has 3 heterocycles. The normalized spacial score (nSPS) is 25.4. The minimum Gasteiger partial charge on any atom is -0.344 e. The van der Waals surface area contributed by atoms with E-state index in [1.54, 1.807) is 0 Å². The van der Waals surface area contributed by atoms with Crippen LogP contribution in [0.4, 0.5) is 0 Å². The van der Waals surface area contributed by atoms with Gasteiger partial charge in [-0.15, -0.1) is 0 Å². The summed E-state index contributed by atoms with van der Waals surface area (Å²) in [5, 5.41) is 4.33. The number of aryl methyl sites for hydroxylation is 1. The summed E-state index contributed by atoms with van der Waals surface area (Å²) in [6.45, 7) is 5.24. The van der Waals surface area contributed by atoms with Crippen LogP contribution in [0.15, 0.2) is 0 Å². The van der Waals surface area contributed by atoms with Gasteiger partial charge in [-0.2, -0.15) is 5.10 Å². The zero-order valence-electron chi connectivity index (χ0n) is 10.3. The molecule has 1 amide bonds. The first-order valence-corrected chi connectivity index (χ1v) is 6.04. The molecular formula is C11H17N5O. The molecule has 1 aromatic heterocycles. The highest BCUT2D eigenvalue weighted by Crippen LogP contribution is 2.20. The molecule has 0 saturated carbocycles. The van der Waals surface area contributed by atoms with Gasteiger partial charge in [0.25, 0.3) is 0 Å². The molecule has 0 bridgehead atoms. The Bertz CT molecular complexity index is 455. The molecule has 1 saturated heterocycles. The second kappa shape index (κ2) is 3.80. The van der Waals surface area contributed by atoms with E-state index in [4.69, 9.17) is 0 Å². The Morgan fingerprint density at radius 1 is 1.29 bits per heavy atom. The molecule has 0 N–H and O–H groups in total. The summed E-state index contributed by atoms with van der Waals surface area (Å²) in [6.07, 6.45) is 0.933. The largest absolute Gasteiger partial charge is 0.344 e. The predicted molar refractivity (Wildman–Crippen MR) is 61.2 cm³/mol. The van der Waals surface area contributed by atoms with Crippen LogP contribution in [-0.4, -0.2) is 56.7 Å². The number of aromatic nitrogens is 3. The van der Waals surface area contributed by atoms with Crippen molar-refractivity contribution >= 4 is 5.91 Å². The molecule has 92 valence electrons. The fraction of sp³-hybridized carbons (Fsp3) is 0.727. The van der Waals surface area contributed by atoms with Gasteiger partial charge in [-0.1, -0.05) is 0 Å². The molecule has 17 heavy (non-hydrogen) atoms. The molecule has 2 aliphatic rings. The van der Waals surface area contributed by atoms with Crippen molar-refractivity contribution in [2.24, 2.45) is 0 Å². The van der Waals surface area contributed by atoms with E-state index in [2.05, 4.69) is 15.0 Å². The van der Waals surface area contributed by atoms with Crippen molar-refractivity contribution in [2.45, 2.75) is 32.5 Å². The lowest BCUT2D eigenvalue weighted by Crippen LogP contribution is -2.45. The number of hydrogen-bond donors (Lipinski definition) is 0. The summed E-state index contributed by atoms with van der Waals surface area (Å²) < 4.78 is 1.95. The van der Waals surface area contributed by atoms with E-state index in [9.17, 15) is 4.79 Å². The van der Waals surface area contributed by atoms with Crippen molar-refractivity contribution in [3.05, 3.63) is 11.6 Å². The van der Waals surface area contributed by atoms with E-state index >= 15 is 0 Å². The second-order valence-electron chi connectivity index (χ2n) is 4.83. The summed E-state index contributed by atoms with van der Waals surface area (Å²) >= 11 is 0. The van der Waals surface area contributed by atoms with Crippen molar-refractivity contribution in [1.29, 1.82) is 0 Å². The molecule has 0 aliphatic carbocycles. The standard InChI is InChI=1S/C11H17N5O/c1-8-12-10-7-15(5-6-16(10)13-8)9-3-4-14(2)11(9)17/h9H,3-7H2,1-2H3. The van der Waals surface area contributed by atoms with Crippen molar-refractivity contribution in [1.82, 2.24) is 24.6 Å². The Balaban J connectivity index is 1.78. The van der Waals surface area contributed by atoms with Crippen LogP contribution in [0.3, 0.4) is 0 Å². The third kappa shape index (κ3) is 1.72. The minimum atomic E-state index is 0.0470. The molecule has 1 atom stereocenters. The molecule has 1 fully saturated rings. The number of amides is 1. The van der Waals surface area contributed by atoms with Gasteiger partial charge in [0.05, 0.1) is 19.1 Å². The lowest BCUT2D eigenvalue weighted by Gasteiger charge is -2.30. The van der Waals surface area contributed by atoms with Crippen molar-refractivity contribution in [2.75, 3.05) is 20.1 Å². The average molecular weight is 235 g/mol. The SMILES string of the molecule is Cc1nc2n(n1)CCN(C1CCN(C)C1=O)C2. The van der Waals surface area contributed by atoms with Gasteiger partial charge < -0.3 is 4.90 Å². The van der Waals surface area contributed by atoms with E-state index in [0.29, 0.717) is 0 Å². The number of carbonyl (C=O) groups is 1. The maximum absolute atomic E-state index is 12.0. The van der Waals surface area contributed by atoms with Gasteiger partial charge in [-0.25, -0.2) is 9.67 Å². The maximum atomic E-state index is 12.0. The number of hydrogen-bond acceptors (Lipinski definition) is 4. The fourth-order valence-electron chi connectivity index (χ4n) is 2.69. The first kappa shape index (κ1) is 10.7. The van der Waals surface area contributed by atoms with Crippen LogP contribution in [0.25, 0.3) is 0 Å². The zero-order valence-corrected chi connectivity index (χ0v) is 10.3. The Morgan fingerprint density at radius 3 is 2.82 bits per heavy atom. The molecule has 2 aliphatic heterocycles. The van der Waals surface area contributed by atoms with E-state index in [0.717, 1.165) is 44.2 Å². The zero-order chi connectivity index (χ0) is 12.0. The van der Waals surface area contributed by atoms with Crippen molar-refractivity contribution in [3.63, 3.8) is 0 Å². The van der Waals surface area contributed by atoms with Gasteiger partial charge >= 0.3 is 0 Å². The first-order valence-electron chi connectivity index (χ1n) is 6.04. The summed E-state index contributed by atoms with van der Waals surface area (Å²) in [5.74, 6) is 2.04. The summed E-state index contributed by atoms with van der Waals surface area (Å²) in [4.78, 5) is 20.4. The first-order chi connectivity index (χ1) is 8.15. The minimum absolute atomic E-state index is 0.0470. The monoisotopic (exact) mass is 235 g/mol. The number of nitrogens with zero attached hydrogens (tertiary/aromatic N) is 5. The summed E-state index contributed by atoms with van der Waals surface area (Å²) in [5.41, 5.74) is 0. The van der Waals surface area contributed by atoms with Crippen LogP contribution in [0.2, 0.25) is 0 Å². The van der Waals surface area contributed by atoms with Gasteiger partial charge in [-0.3, -0.25) is 9.69 Å². The Kier molecular flexibility index (Phi) is 2.39. The van der Waals surface area contributed by atoms with Crippen LogP contribution >= 0.6 is 0 Å². The van der Waals surface area contributed by atoms with E-state index < -0.39 is 0 Å². The summed E-state index contributed by atoms with van der Waals surface area (Å²) in [6, 6.07) is 0.0470. The van der Waals surface area contributed by atoms with Crippen molar-refractivity contribution in [3.8, 4) is 0 Å². The predicted octanol–water partition coefficient (Wildman–Crippen LogP) is -0.367. The molecule has 6 heteroatoms. The molecule has 1 aromatic rings. The fourth-order valence-corrected chi connectivity index (χ4v) is 2.69. The molecule has 0 radical (unpaired) electrons. The third-order valence-corrected chi connectivity index (χ3v) is 3.64. The molecule has 6 nitrogen and oxygen atoms in total. The van der Waals surface area contributed by atoms with E-state index in [1.165, 1.54) is 0 Å². The molecule has 0 spiro atoms. The quantitative estimate of drug-likeness (QED) is 0.666. The van der Waals surface area contributed by atoms with Crippen molar-refractivity contribution < 1.29 is 4.79 Å². The molecule has 0 aromatic carbocycles. The molecular weight excluding hydrogens is 218 g/mol. The second-order valence-corrected chi connectivity index (χ2v) is 4.83. The topological polar surface area (TPSA) is 54.3 Å².